The van der Waals surface area contributed by atoms with Crippen molar-refractivity contribution in [2.75, 3.05) is 18.1 Å². The Morgan fingerprint density at radius 1 is 1.59 bits per heavy atom. The van der Waals surface area contributed by atoms with Gasteiger partial charge in [0.25, 0.3) is 0 Å². The molecule has 0 spiro atoms. The Morgan fingerprint density at radius 2 is 2.35 bits per heavy atom. The highest BCUT2D eigenvalue weighted by Crippen LogP contribution is 2.33. The number of hydrogen-bond acceptors (Lipinski definition) is 2. The van der Waals surface area contributed by atoms with Crippen molar-refractivity contribution in [2.45, 2.75) is 18.7 Å². The highest BCUT2D eigenvalue weighted by Gasteiger charge is 2.30. The fraction of sp³-hybridized carbons (Fsp3) is 0.417. The SMILES string of the molecule is CCOc1cc(F)ccc1N1CC(Cl)CC1=O. The lowest BCUT2D eigenvalue weighted by molar-refractivity contribution is -0.117. The minimum atomic E-state index is -0.383. The number of ether oxygens (including phenoxy) is 1. The lowest BCUT2D eigenvalue weighted by Crippen LogP contribution is -2.25. The van der Waals surface area contributed by atoms with E-state index in [-0.39, 0.29) is 17.1 Å². The third-order valence-electron chi connectivity index (χ3n) is 2.59. The molecule has 1 aromatic carbocycles. The van der Waals surface area contributed by atoms with E-state index >= 15 is 0 Å². The van der Waals surface area contributed by atoms with Crippen LogP contribution < -0.4 is 9.64 Å². The number of hydrogen-bond donors (Lipinski definition) is 0. The van der Waals surface area contributed by atoms with Crippen LogP contribution in [0.15, 0.2) is 18.2 Å². The Hall–Kier alpha value is -1.29. The van der Waals surface area contributed by atoms with Crippen molar-refractivity contribution in [3.05, 3.63) is 24.0 Å². The fourth-order valence-corrected chi connectivity index (χ4v) is 2.15. The maximum Gasteiger partial charge on any atom is 0.228 e. The molecular weight excluding hydrogens is 245 g/mol. The van der Waals surface area contributed by atoms with E-state index in [1.165, 1.54) is 12.1 Å². The molecule has 92 valence electrons. The van der Waals surface area contributed by atoms with Gasteiger partial charge < -0.3 is 9.64 Å². The number of halogens is 2. The van der Waals surface area contributed by atoms with E-state index < -0.39 is 0 Å². The van der Waals surface area contributed by atoms with Gasteiger partial charge in [-0.2, -0.15) is 0 Å². The maximum absolute atomic E-state index is 13.1. The van der Waals surface area contributed by atoms with Gasteiger partial charge >= 0.3 is 0 Å². The molecule has 1 saturated heterocycles. The van der Waals surface area contributed by atoms with Crippen LogP contribution in [0.1, 0.15) is 13.3 Å². The van der Waals surface area contributed by atoms with Gasteiger partial charge in [-0.25, -0.2) is 4.39 Å². The molecule has 0 aromatic heterocycles. The molecule has 2 rings (SSSR count). The number of carbonyl (C=O) groups is 1. The predicted molar refractivity (Wildman–Crippen MR) is 64.2 cm³/mol. The smallest absolute Gasteiger partial charge is 0.228 e. The molecule has 1 aliphatic rings. The first-order chi connectivity index (χ1) is 8.11. The van der Waals surface area contributed by atoms with Crippen LogP contribution in [0.2, 0.25) is 0 Å². The first kappa shape index (κ1) is 12.2. The normalized spacial score (nSPS) is 19.8. The minimum Gasteiger partial charge on any atom is -0.492 e. The molecule has 17 heavy (non-hydrogen) atoms. The van der Waals surface area contributed by atoms with Gasteiger partial charge in [-0.05, 0) is 19.1 Å². The molecule has 0 aliphatic carbocycles. The lowest BCUT2D eigenvalue weighted by atomic mass is 10.2. The highest BCUT2D eigenvalue weighted by molar-refractivity contribution is 6.24. The summed E-state index contributed by atoms with van der Waals surface area (Å²) in [6, 6.07) is 4.15. The number of nitrogens with zero attached hydrogens (tertiary/aromatic N) is 1. The molecule has 1 aliphatic heterocycles. The van der Waals surface area contributed by atoms with Gasteiger partial charge in [-0.15, -0.1) is 11.6 Å². The molecule has 0 bridgehead atoms. The summed E-state index contributed by atoms with van der Waals surface area (Å²) < 4.78 is 18.5. The molecule has 1 heterocycles. The zero-order valence-electron chi connectivity index (χ0n) is 9.45. The second kappa shape index (κ2) is 4.92. The summed E-state index contributed by atoms with van der Waals surface area (Å²) in [6.07, 6.45) is 0.310. The van der Waals surface area contributed by atoms with E-state index in [4.69, 9.17) is 16.3 Å². The van der Waals surface area contributed by atoms with E-state index in [1.54, 1.807) is 11.0 Å². The topological polar surface area (TPSA) is 29.5 Å². The number of amides is 1. The predicted octanol–water partition coefficient (Wildman–Crippen LogP) is 2.57. The van der Waals surface area contributed by atoms with Gasteiger partial charge in [0, 0.05) is 19.0 Å². The van der Waals surface area contributed by atoms with Gasteiger partial charge in [0.15, 0.2) is 0 Å². The Bertz CT molecular complexity index is 439. The lowest BCUT2D eigenvalue weighted by Gasteiger charge is -2.19. The number of benzene rings is 1. The molecule has 0 radical (unpaired) electrons. The van der Waals surface area contributed by atoms with Crippen molar-refractivity contribution in [3.8, 4) is 5.75 Å². The summed E-state index contributed by atoms with van der Waals surface area (Å²) in [5.41, 5.74) is 0.585. The zero-order valence-corrected chi connectivity index (χ0v) is 10.2. The molecule has 1 atom stereocenters. The molecule has 5 heteroatoms. The monoisotopic (exact) mass is 257 g/mol. The Labute approximate surface area is 104 Å². The molecule has 1 unspecified atom stereocenters. The van der Waals surface area contributed by atoms with Crippen molar-refractivity contribution in [3.63, 3.8) is 0 Å². The largest absolute Gasteiger partial charge is 0.492 e. The van der Waals surface area contributed by atoms with E-state index in [0.717, 1.165) is 0 Å². The van der Waals surface area contributed by atoms with E-state index in [9.17, 15) is 9.18 Å². The number of carbonyl (C=O) groups excluding carboxylic acids is 1. The van der Waals surface area contributed by atoms with Gasteiger partial charge in [-0.1, -0.05) is 0 Å². The van der Waals surface area contributed by atoms with Crippen LogP contribution in [0.4, 0.5) is 10.1 Å². The maximum atomic E-state index is 13.1. The Balaban J connectivity index is 2.34. The van der Waals surface area contributed by atoms with E-state index in [1.807, 2.05) is 6.92 Å². The van der Waals surface area contributed by atoms with Crippen LogP contribution in [0.25, 0.3) is 0 Å². The van der Waals surface area contributed by atoms with Gasteiger partial charge in [-0.3, -0.25) is 4.79 Å². The molecule has 0 N–H and O–H groups in total. The first-order valence-corrected chi connectivity index (χ1v) is 5.92. The third kappa shape index (κ3) is 2.52. The molecule has 3 nitrogen and oxygen atoms in total. The summed E-state index contributed by atoms with van der Waals surface area (Å²) in [5, 5.41) is -0.193. The second-order valence-electron chi connectivity index (χ2n) is 3.85. The quantitative estimate of drug-likeness (QED) is 0.779. The van der Waals surface area contributed by atoms with Crippen molar-refractivity contribution >= 4 is 23.2 Å². The average Bonchev–Trinajstić information content (AvgIpc) is 2.59. The van der Waals surface area contributed by atoms with Crippen molar-refractivity contribution in [1.82, 2.24) is 0 Å². The summed E-state index contributed by atoms with van der Waals surface area (Å²) in [7, 11) is 0. The third-order valence-corrected chi connectivity index (χ3v) is 2.88. The molecule has 1 aromatic rings. The van der Waals surface area contributed by atoms with E-state index in [0.29, 0.717) is 31.0 Å². The standard InChI is InChI=1S/C12H13ClFNO2/c1-2-17-11-6-9(14)3-4-10(11)15-7-8(13)5-12(15)16/h3-4,6,8H,2,5,7H2,1H3. The average molecular weight is 258 g/mol. The Kier molecular flexibility index (Phi) is 3.52. The number of rotatable bonds is 3. The molecule has 1 fully saturated rings. The summed E-state index contributed by atoms with van der Waals surface area (Å²) >= 11 is 5.93. The first-order valence-electron chi connectivity index (χ1n) is 5.48. The van der Waals surface area contributed by atoms with Crippen LogP contribution in [0.3, 0.4) is 0 Å². The fourth-order valence-electron chi connectivity index (χ4n) is 1.88. The second-order valence-corrected chi connectivity index (χ2v) is 4.47. The van der Waals surface area contributed by atoms with Crippen LogP contribution in [-0.2, 0) is 4.79 Å². The highest BCUT2D eigenvalue weighted by atomic mass is 35.5. The van der Waals surface area contributed by atoms with Gasteiger partial charge in [0.05, 0.1) is 17.7 Å². The van der Waals surface area contributed by atoms with Gasteiger partial charge in [0.2, 0.25) is 5.91 Å². The molecule has 1 amide bonds. The summed E-state index contributed by atoms with van der Waals surface area (Å²) in [4.78, 5) is 13.3. The van der Waals surface area contributed by atoms with Gasteiger partial charge in [0.1, 0.15) is 11.6 Å². The summed E-state index contributed by atoms with van der Waals surface area (Å²) in [6.45, 7) is 2.67. The minimum absolute atomic E-state index is 0.0578. The van der Waals surface area contributed by atoms with E-state index in [2.05, 4.69) is 0 Å². The summed E-state index contributed by atoms with van der Waals surface area (Å²) in [5.74, 6) is -0.0598. The van der Waals surface area contributed by atoms with Crippen LogP contribution >= 0.6 is 11.6 Å². The van der Waals surface area contributed by atoms with Crippen LogP contribution in [0, 0.1) is 5.82 Å². The van der Waals surface area contributed by atoms with Crippen molar-refractivity contribution < 1.29 is 13.9 Å². The van der Waals surface area contributed by atoms with Crippen molar-refractivity contribution in [2.24, 2.45) is 0 Å². The van der Waals surface area contributed by atoms with Crippen LogP contribution in [-0.4, -0.2) is 24.4 Å². The van der Waals surface area contributed by atoms with Crippen LogP contribution in [0.5, 0.6) is 5.75 Å². The molecular formula is C12H13ClFNO2. The van der Waals surface area contributed by atoms with Crippen molar-refractivity contribution in [1.29, 1.82) is 0 Å². The Morgan fingerprint density at radius 3 is 2.94 bits per heavy atom. The number of alkyl halides is 1. The molecule has 0 saturated carbocycles. The number of anilines is 1. The zero-order chi connectivity index (χ0) is 12.4.